The van der Waals surface area contributed by atoms with Crippen LogP contribution in [0.3, 0.4) is 0 Å². The summed E-state index contributed by atoms with van der Waals surface area (Å²) in [5.74, 6) is -0.674. The van der Waals surface area contributed by atoms with E-state index in [1.54, 1.807) is 48.8 Å². The zero-order valence-electron chi connectivity index (χ0n) is 37.8. The van der Waals surface area contributed by atoms with Gasteiger partial charge in [-0.05, 0) is 52.3 Å². The molecule has 1 fully saturated rings. The predicted octanol–water partition coefficient (Wildman–Crippen LogP) is 11.9. The van der Waals surface area contributed by atoms with Crippen LogP contribution in [0.15, 0.2) is 120 Å². The maximum atomic E-state index is 14.7. The molecular formula is C48H44FIrN3OSi-2. The van der Waals surface area contributed by atoms with Gasteiger partial charge in [-0.15, -0.1) is 47.5 Å². The van der Waals surface area contributed by atoms with Crippen molar-refractivity contribution in [1.29, 1.82) is 0 Å². The van der Waals surface area contributed by atoms with E-state index in [0.29, 0.717) is 16.7 Å². The third-order valence-corrected chi connectivity index (χ3v) is 11.8. The van der Waals surface area contributed by atoms with Crippen LogP contribution < -0.4 is 5.19 Å². The third kappa shape index (κ3) is 8.55. The Kier molecular flexibility index (Phi) is 9.13. The number of hydrogen-bond acceptors (Lipinski definition) is 4. The zero-order valence-corrected chi connectivity index (χ0v) is 34.2. The molecule has 0 unspecified atom stereocenters. The van der Waals surface area contributed by atoms with Crippen LogP contribution in [0.2, 0.25) is 19.6 Å². The van der Waals surface area contributed by atoms with Crippen molar-refractivity contribution >= 4 is 46.1 Å². The summed E-state index contributed by atoms with van der Waals surface area (Å²) in [4.78, 5) is 13.6. The molecule has 4 nitrogen and oxygen atoms in total. The molecule has 8 aromatic rings. The van der Waals surface area contributed by atoms with Crippen molar-refractivity contribution in [3.8, 4) is 22.5 Å². The molecule has 55 heavy (non-hydrogen) atoms. The molecule has 1 aliphatic carbocycles. The van der Waals surface area contributed by atoms with Gasteiger partial charge in [0.05, 0.1) is 19.2 Å². The maximum absolute atomic E-state index is 14.7. The number of nitrogens with zero attached hydrogens (tertiary/aromatic N) is 3. The monoisotopic (exact) mass is 925 g/mol. The molecule has 0 amide bonds. The van der Waals surface area contributed by atoms with Crippen LogP contribution >= 0.6 is 0 Å². The summed E-state index contributed by atoms with van der Waals surface area (Å²) in [6, 6.07) is 34.2. The van der Waals surface area contributed by atoms with Gasteiger partial charge in [-0.2, -0.15) is 0 Å². The third-order valence-electron chi connectivity index (χ3n) is 9.81. The van der Waals surface area contributed by atoms with Gasteiger partial charge in [-0.1, -0.05) is 136 Å². The Balaban J connectivity index is 0.000000184. The number of fused-ring (bicyclic) bond motifs is 5. The van der Waals surface area contributed by atoms with Gasteiger partial charge in [0.25, 0.3) is 0 Å². The molecule has 1 radical (unpaired) electrons. The van der Waals surface area contributed by atoms with Gasteiger partial charge < -0.3 is 14.4 Å². The minimum Gasteiger partial charge on any atom is -0.498 e. The molecule has 0 saturated heterocycles. The van der Waals surface area contributed by atoms with Gasteiger partial charge in [0.1, 0.15) is 5.58 Å². The van der Waals surface area contributed by atoms with Crippen molar-refractivity contribution in [3.05, 3.63) is 156 Å². The summed E-state index contributed by atoms with van der Waals surface area (Å²) in [6.45, 7) is 3.88. The van der Waals surface area contributed by atoms with Crippen molar-refractivity contribution in [1.82, 2.24) is 15.0 Å². The van der Waals surface area contributed by atoms with Gasteiger partial charge in [-0.25, -0.2) is 0 Å². The number of rotatable bonds is 7. The average molecular weight is 925 g/mol. The van der Waals surface area contributed by atoms with Gasteiger partial charge in [-0.3, -0.25) is 9.37 Å². The van der Waals surface area contributed by atoms with E-state index in [1.165, 1.54) is 6.07 Å². The maximum Gasteiger partial charge on any atom is 0.147 e. The number of halogens is 1. The smallest absolute Gasteiger partial charge is 0.147 e. The van der Waals surface area contributed by atoms with Crippen LogP contribution in [0.4, 0.5) is 4.39 Å². The van der Waals surface area contributed by atoms with Crippen LogP contribution in [0.5, 0.6) is 0 Å². The Morgan fingerprint density at radius 1 is 0.836 bits per heavy atom. The largest absolute Gasteiger partial charge is 0.498 e. The fourth-order valence-corrected chi connectivity index (χ4v) is 8.44. The Morgan fingerprint density at radius 2 is 1.64 bits per heavy atom. The van der Waals surface area contributed by atoms with Crippen molar-refractivity contribution < 1.29 is 38.5 Å². The van der Waals surface area contributed by atoms with Crippen LogP contribution in [-0.4, -0.2) is 23.0 Å². The minimum absolute atomic E-state index is 0. The molecule has 0 bridgehead atoms. The first kappa shape index (κ1) is 30.4. The van der Waals surface area contributed by atoms with Crippen molar-refractivity contribution in [3.63, 3.8) is 0 Å². The fourth-order valence-electron chi connectivity index (χ4n) is 7.05. The van der Waals surface area contributed by atoms with E-state index in [2.05, 4.69) is 46.7 Å². The van der Waals surface area contributed by atoms with E-state index in [0.717, 1.165) is 81.0 Å². The molecule has 4 heterocycles. The second kappa shape index (κ2) is 16.5. The molecular weight excluding hydrogens is 874 g/mol. The Hall–Kier alpha value is -4.81. The van der Waals surface area contributed by atoms with Gasteiger partial charge >= 0.3 is 0 Å². The molecule has 0 N–H and O–H groups in total. The van der Waals surface area contributed by atoms with Crippen molar-refractivity contribution in [2.24, 2.45) is 5.92 Å². The number of aryl methyl sites for hydroxylation is 1. The summed E-state index contributed by atoms with van der Waals surface area (Å²) >= 11 is 0. The van der Waals surface area contributed by atoms with E-state index in [9.17, 15) is 4.39 Å². The van der Waals surface area contributed by atoms with E-state index in [1.807, 2.05) is 54.7 Å². The number of aromatic nitrogens is 3. The first-order valence-corrected chi connectivity index (χ1v) is 21.8. The SMILES string of the molecule is [2H]C([2H])([2H])c1c[c-]c(-c2cc(C([2H])([2H])c3ccccc3)c([Si](C)(C)C)cn2)c(F)c1.[2H]C([2H])(c1ccnc(-c2[c-]cc3oc4c5ccccc5cnc4c3c2)c1)C1CCCC1.[Ir]. The van der Waals surface area contributed by atoms with E-state index < -0.39 is 33.5 Å². The quantitative estimate of drug-likeness (QED) is 0.118. The molecule has 4 aromatic carbocycles. The molecule has 1 aliphatic rings. The first-order valence-electron chi connectivity index (χ1n) is 21.8. The van der Waals surface area contributed by atoms with E-state index in [4.69, 9.17) is 14.0 Å². The summed E-state index contributed by atoms with van der Waals surface area (Å²) in [7, 11) is -1.97. The first-order chi connectivity index (χ1) is 28.9. The summed E-state index contributed by atoms with van der Waals surface area (Å²) in [5.41, 5.74) is 5.62. The van der Waals surface area contributed by atoms with Crippen LogP contribution in [-0.2, 0) is 32.9 Å². The second-order valence-corrected chi connectivity index (χ2v) is 19.8. The molecule has 279 valence electrons. The Morgan fingerprint density at radius 3 is 2.42 bits per heavy atom. The van der Waals surface area contributed by atoms with Crippen molar-refractivity contribution in [2.75, 3.05) is 0 Å². The number of hydrogen-bond donors (Lipinski definition) is 0. The second-order valence-electron chi connectivity index (χ2n) is 14.8. The van der Waals surface area contributed by atoms with Crippen LogP contribution in [0, 0.1) is 30.7 Å². The van der Waals surface area contributed by atoms with Crippen LogP contribution in [0.25, 0.3) is 55.4 Å². The minimum atomic E-state index is -2.43. The summed E-state index contributed by atoms with van der Waals surface area (Å²) in [5, 5.41) is 3.84. The molecule has 7 heteroatoms. The predicted molar refractivity (Wildman–Crippen MR) is 222 cm³/mol. The molecule has 0 spiro atoms. The molecule has 4 aromatic heterocycles. The molecule has 9 rings (SSSR count). The van der Waals surface area contributed by atoms with Gasteiger partial charge in [0, 0.05) is 64.9 Å². The molecule has 0 atom stereocenters. The van der Waals surface area contributed by atoms with E-state index in [-0.39, 0.29) is 42.8 Å². The summed E-state index contributed by atoms with van der Waals surface area (Å²) in [6.07, 6.45) is 6.18. The molecule has 0 aliphatic heterocycles. The number of pyridine rings is 3. The average Bonchev–Trinajstić information content (AvgIpc) is 3.93. The Labute approximate surface area is 347 Å². The van der Waals surface area contributed by atoms with Crippen LogP contribution in [0.1, 0.15) is 57.5 Å². The zero-order chi connectivity index (χ0) is 43.3. The fraction of sp³-hybridized carbons (Fsp3) is 0.229. The number of benzene rings is 4. The number of furan rings is 1. The Bertz CT molecular complexity index is 2890. The van der Waals surface area contributed by atoms with Gasteiger partial charge in [0.15, 0.2) is 0 Å². The van der Waals surface area contributed by atoms with Crippen molar-refractivity contribution in [2.45, 2.75) is 64.9 Å². The normalized spacial score (nSPS) is 15.8. The topological polar surface area (TPSA) is 51.8 Å². The molecule has 1 saturated carbocycles. The standard InChI is InChI=1S/C26H21N2O.C22H23FNSi.Ir/c1-2-6-17(5-1)13-18-11-12-27-23(14-18)19-9-10-24-22(15-19)25-26(29-24)21-8-4-3-7-20(21)16-28-25;1-16-10-11-19(20(23)12-16)21-14-18(13-17-8-6-5-7-9-17)22(15-24-21)25(2,3)4;/h3-4,7-8,10-12,14-17H,1-2,5-6,13H2;5-10,12,14-15H,13H2,1-4H3;/q2*-1;/i13D2;1D3,13D2;. The van der Waals surface area contributed by atoms with E-state index >= 15 is 0 Å². The summed E-state index contributed by atoms with van der Waals surface area (Å²) < 4.78 is 78.3. The van der Waals surface area contributed by atoms with Gasteiger partial charge in [0.2, 0.25) is 0 Å².